The van der Waals surface area contributed by atoms with Crippen LogP contribution in [0.2, 0.25) is 0 Å². The molecule has 0 radical (unpaired) electrons. The molecule has 0 aliphatic carbocycles. The minimum absolute atomic E-state index is 0. The van der Waals surface area contributed by atoms with Gasteiger partial charge in [0.1, 0.15) is 11.5 Å². The monoisotopic (exact) mass is 300 g/mol. The lowest BCUT2D eigenvalue weighted by Crippen LogP contribution is -2.37. The Balaban J connectivity index is 0.00000200. The van der Waals surface area contributed by atoms with Crippen molar-refractivity contribution in [3.05, 3.63) is 18.2 Å². The summed E-state index contributed by atoms with van der Waals surface area (Å²) in [7, 11) is 3.18. The zero-order valence-corrected chi connectivity index (χ0v) is 12.6. The Labute approximate surface area is 125 Å². The lowest BCUT2D eigenvalue weighted by molar-refractivity contribution is -0.120. The first-order chi connectivity index (χ1) is 9.24. The SMILES string of the molecule is COc1ccc(OC)c(NC(=O)[C@@H]2CCCNC2)c1.Cl. The van der Waals surface area contributed by atoms with Gasteiger partial charge >= 0.3 is 0 Å². The van der Waals surface area contributed by atoms with Crippen molar-refractivity contribution >= 4 is 24.0 Å². The molecule has 0 aromatic heterocycles. The van der Waals surface area contributed by atoms with Gasteiger partial charge in [-0.2, -0.15) is 0 Å². The van der Waals surface area contributed by atoms with Crippen LogP contribution in [0.25, 0.3) is 0 Å². The van der Waals surface area contributed by atoms with Crippen LogP contribution in [0.15, 0.2) is 18.2 Å². The van der Waals surface area contributed by atoms with E-state index in [-0.39, 0.29) is 24.2 Å². The summed E-state index contributed by atoms with van der Waals surface area (Å²) < 4.78 is 10.4. The van der Waals surface area contributed by atoms with Gasteiger partial charge in [0.25, 0.3) is 0 Å². The third kappa shape index (κ3) is 4.02. The molecule has 5 nitrogen and oxygen atoms in total. The number of anilines is 1. The fourth-order valence-electron chi connectivity index (χ4n) is 2.22. The number of ether oxygens (including phenoxy) is 2. The van der Waals surface area contributed by atoms with Crippen LogP contribution in [0, 0.1) is 5.92 Å². The van der Waals surface area contributed by atoms with E-state index in [1.807, 2.05) is 0 Å². The van der Waals surface area contributed by atoms with Crippen molar-refractivity contribution in [2.75, 3.05) is 32.6 Å². The number of rotatable bonds is 4. The molecule has 1 aromatic rings. The minimum Gasteiger partial charge on any atom is -0.497 e. The molecule has 6 heteroatoms. The Kier molecular flexibility index (Phi) is 6.61. The van der Waals surface area contributed by atoms with Gasteiger partial charge in [0, 0.05) is 12.6 Å². The number of halogens is 1. The summed E-state index contributed by atoms with van der Waals surface area (Å²) in [6, 6.07) is 5.36. The van der Waals surface area contributed by atoms with Crippen LogP contribution >= 0.6 is 12.4 Å². The summed E-state index contributed by atoms with van der Waals surface area (Å²) in [6.45, 7) is 1.73. The Morgan fingerprint density at radius 3 is 2.75 bits per heavy atom. The molecular weight excluding hydrogens is 280 g/mol. The average Bonchev–Trinajstić information content (AvgIpc) is 2.48. The van der Waals surface area contributed by atoms with Crippen molar-refractivity contribution in [2.45, 2.75) is 12.8 Å². The summed E-state index contributed by atoms with van der Waals surface area (Å²) in [5.74, 6) is 1.37. The van der Waals surface area contributed by atoms with Gasteiger partial charge in [-0.3, -0.25) is 4.79 Å². The number of carbonyl (C=O) groups excluding carboxylic acids is 1. The van der Waals surface area contributed by atoms with Crippen LogP contribution < -0.4 is 20.1 Å². The largest absolute Gasteiger partial charge is 0.497 e. The smallest absolute Gasteiger partial charge is 0.228 e. The summed E-state index contributed by atoms with van der Waals surface area (Å²) in [5.41, 5.74) is 0.650. The Bertz CT molecular complexity index is 448. The number of nitrogens with one attached hydrogen (secondary N) is 2. The highest BCUT2D eigenvalue weighted by Crippen LogP contribution is 2.29. The van der Waals surface area contributed by atoms with Crippen LogP contribution in [0.1, 0.15) is 12.8 Å². The standard InChI is InChI=1S/C14H20N2O3.ClH/c1-18-11-5-6-13(19-2)12(8-11)16-14(17)10-4-3-7-15-9-10;/h5-6,8,10,15H,3-4,7,9H2,1-2H3,(H,16,17);1H/t10-;/m1./s1. The van der Waals surface area contributed by atoms with E-state index in [0.29, 0.717) is 17.2 Å². The van der Waals surface area contributed by atoms with Gasteiger partial charge < -0.3 is 20.1 Å². The van der Waals surface area contributed by atoms with E-state index in [1.54, 1.807) is 32.4 Å². The number of amides is 1. The highest BCUT2D eigenvalue weighted by molar-refractivity contribution is 5.94. The number of hydrogen-bond acceptors (Lipinski definition) is 4. The third-order valence-electron chi connectivity index (χ3n) is 3.33. The number of carbonyl (C=O) groups is 1. The van der Waals surface area contributed by atoms with E-state index in [1.165, 1.54) is 0 Å². The number of benzene rings is 1. The summed E-state index contributed by atoms with van der Waals surface area (Å²) in [5, 5.41) is 6.16. The Morgan fingerprint density at radius 1 is 1.35 bits per heavy atom. The second kappa shape index (κ2) is 7.97. The fraction of sp³-hybridized carbons (Fsp3) is 0.500. The van der Waals surface area contributed by atoms with Crippen LogP contribution in [-0.2, 0) is 4.79 Å². The molecule has 0 saturated carbocycles. The summed E-state index contributed by atoms with van der Waals surface area (Å²) in [6.07, 6.45) is 1.96. The van der Waals surface area contributed by atoms with Gasteiger partial charge in [0.05, 0.1) is 25.8 Å². The van der Waals surface area contributed by atoms with Crippen molar-refractivity contribution < 1.29 is 14.3 Å². The Morgan fingerprint density at radius 2 is 2.15 bits per heavy atom. The molecule has 1 atom stereocenters. The topological polar surface area (TPSA) is 59.6 Å². The first kappa shape index (κ1) is 16.6. The van der Waals surface area contributed by atoms with Crippen molar-refractivity contribution in [1.82, 2.24) is 5.32 Å². The molecular formula is C14H21ClN2O3. The van der Waals surface area contributed by atoms with Gasteiger partial charge in [-0.1, -0.05) is 0 Å². The molecule has 0 bridgehead atoms. The molecule has 0 spiro atoms. The molecule has 1 amide bonds. The predicted octanol–water partition coefficient (Wildman–Crippen LogP) is 2.06. The molecule has 1 saturated heterocycles. The van der Waals surface area contributed by atoms with Crippen LogP contribution in [-0.4, -0.2) is 33.2 Å². The van der Waals surface area contributed by atoms with Gasteiger partial charge in [-0.05, 0) is 31.5 Å². The molecule has 1 heterocycles. The van der Waals surface area contributed by atoms with E-state index in [4.69, 9.17) is 9.47 Å². The molecule has 1 aliphatic rings. The first-order valence-electron chi connectivity index (χ1n) is 6.48. The predicted molar refractivity (Wildman–Crippen MR) is 81.0 cm³/mol. The zero-order chi connectivity index (χ0) is 13.7. The van der Waals surface area contributed by atoms with E-state index in [2.05, 4.69) is 10.6 Å². The maximum atomic E-state index is 12.2. The number of piperidine rings is 1. The van der Waals surface area contributed by atoms with E-state index >= 15 is 0 Å². The van der Waals surface area contributed by atoms with E-state index < -0.39 is 0 Å². The van der Waals surface area contributed by atoms with Gasteiger partial charge in [0.15, 0.2) is 0 Å². The van der Waals surface area contributed by atoms with Crippen molar-refractivity contribution in [1.29, 1.82) is 0 Å². The molecule has 0 unspecified atom stereocenters. The zero-order valence-electron chi connectivity index (χ0n) is 11.8. The summed E-state index contributed by atoms with van der Waals surface area (Å²) in [4.78, 5) is 12.2. The van der Waals surface area contributed by atoms with Gasteiger partial charge in [-0.25, -0.2) is 0 Å². The second-order valence-corrected chi connectivity index (χ2v) is 4.60. The normalized spacial score (nSPS) is 17.8. The van der Waals surface area contributed by atoms with Crippen LogP contribution in [0.4, 0.5) is 5.69 Å². The van der Waals surface area contributed by atoms with Gasteiger partial charge in [-0.15, -0.1) is 12.4 Å². The van der Waals surface area contributed by atoms with Gasteiger partial charge in [0.2, 0.25) is 5.91 Å². The molecule has 1 aliphatic heterocycles. The van der Waals surface area contributed by atoms with Crippen LogP contribution in [0.5, 0.6) is 11.5 Å². The summed E-state index contributed by atoms with van der Waals surface area (Å²) >= 11 is 0. The van der Waals surface area contributed by atoms with Crippen molar-refractivity contribution in [3.63, 3.8) is 0 Å². The third-order valence-corrected chi connectivity index (χ3v) is 3.33. The number of methoxy groups -OCH3 is 2. The highest BCUT2D eigenvalue weighted by Gasteiger charge is 2.21. The lowest BCUT2D eigenvalue weighted by Gasteiger charge is -2.22. The molecule has 1 aromatic carbocycles. The minimum atomic E-state index is 0. The quantitative estimate of drug-likeness (QED) is 0.893. The molecule has 2 rings (SSSR count). The average molecular weight is 301 g/mol. The fourth-order valence-corrected chi connectivity index (χ4v) is 2.22. The maximum absolute atomic E-state index is 12.2. The molecule has 2 N–H and O–H groups in total. The van der Waals surface area contributed by atoms with Crippen LogP contribution in [0.3, 0.4) is 0 Å². The maximum Gasteiger partial charge on any atom is 0.228 e. The molecule has 1 fully saturated rings. The number of hydrogen-bond donors (Lipinski definition) is 2. The molecule has 20 heavy (non-hydrogen) atoms. The molecule has 112 valence electrons. The van der Waals surface area contributed by atoms with Crippen molar-refractivity contribution in [2.24, 2.45) is 5.92 Å². The lowest BCUT2D eigenvalue weighted by atomic mass is 9.99. The van der Waals surface area contributed by atoms with E-state index in [0.717, 1.165) is 25.9 Å². The Hall–Kier alpha value is -1.46. The highest BCUT2D eigenvalue weighted by atomic mass is 35.5. The first-order valence-corrected chi connectivity index (χ1v) is 6.48. The van der Waals surface area contributed by atoms with Crippen molar-refractivity contribution in [3.8, 4) is 11.5 Å². The van der Waals surface area contributed by atoms with E-state index in [9.17, 15) is 4.79 Å². The second-order valence-electron chi connectivity index (χ2n) is 4.60.